The number of phenols is 1. The highest BCUT2D eigenvalue weighted by atomic mass is 16.3. The van der Waals surface area contributed by atoms with Gasteiger partial charge >= 0.3 is 0 Å². The molecule has 0 aliphatic heterocycles. The van der Waals surface area contributed by atoms with Gasteiger partial charge in [0.1, 0.15) is 12.4 Å². The second kappa shape index (κ2) is 7.94. The van der Waals surface area contributed by atoms with Crippen LogP contribution in [-0.4, -0.2) is 45.5 Å². The van der Waals surface area contributed by atoms with Crippen LogP contribution in [0, 0.1) is 13.8 Å². The molecule has 4 N–H and O–H groups in total. The van der Waals surface area contributed by atoms with Gasteiger partial charge in [0, 0.05) is 32.2 Å². The normalized spacial score (nSPS) is 10.8. The number of anilines is 1. The molecule has 0 atom stereocenters. The smallest absolute Gasteiger partial charge is 0.188 e. The molecule has 1 aromatic heterocycles. The summed E-state index contributed by atoms with van der Waals surface area (Å²) >= 11 is 0. The fourth-order valence-electron chi connectivity index (χ4n) is 2.61. The quantitative estimate of drug-likeness (QED) is 0.427. The van der Waals surface area contributed by atoms with Gasteiger partial charge in [0.25, 0.3) is 0 Å². The number of aromatic hydroxyl groups is 1. The Bertz CT molecular complexity index is 725. The van der Waals surface area contributed by atoms with E-state index in [4.69, 9.17) is 5.11 Å². The van der Waals surface area contributed by atoms with Gasteiger partial charge in [-0.3, -0.25) is 9.48 Å². The molecule has 0 fully saturated rings. The lowest BCUT2D eigenvalue weighted by atomic mass is 10.0. The van der Waals surface area contributed by atoms with Gasteiger partial charge in [0.15, 0.2) is 5.78 Å². The SMILES string of the molecule is Cc1nn(C)c(C)c1NCCNCc1cc(O)ccc1C(=O)CO. The van der Waals surface area contributed by atoms with E-state index in [9.17, 15) is 9.90 Å². The minimum atomic E-state index is -0.543. The van der Waals surface area contributed by atoms with Gasteiger partial charge in [-0.1, -0.05) is 0 Å². The minimum Gasteiger partial charge on any atom is -0.508 e. The highest BCUT2D eigenvalue weighted by Gasteiger charge is 2.11. The number of aliphatic hydroxyl groups excluding tert-OH is 1. The number of aliphatic hydroxyl groups is 1. The fraction of sp³-hybridized carbons (Fsp3) is 0.412. The lowest BCUT2D eigenvalue weighted by Gasteiger charge is -2.11. The van der Waals surface area contributed by atoms with Crippen LogP contribution in [0.5, 0.6) is 5.75 Å². The first-order chi connectivity index (χ1) is 11.4. The molecule has 0 unspecified atom stereocenters. The van der Waals surface area contributed by atoms with Crippen LogP contribution >= 0.6 is 0 Å². The number of benzene rings is 1. The summed E-state index contributed by atoms with van der Waals surface area (Å²) in [5, 5.41) is 29.5. The maximum absolute atomic E-state index is 11.7. The first kappa shape index (κ1) is 18.0. The molecule has 0 radical (unpaired) electrons. The van der Waals surface area contributed by atoms with Crippen molar-refractivity contribution in [1.29, 1.82) is 0 Å². The number of hydrogen-bond acceptors (Lipinski definition) is 6. The Balaban J connectivity index is 1.88. The van der Waals surface area contributed by atoms with Crippen molar-refractivity contribution in [3.63, 3.8) is 0 Å². The molecule has 0 aliphatic rings. The van der Waals surface area contributed by atoms with Crippen LogP contribution in [0.25, 0.3) is 0 Å². The molecule has 0 aliphatic carbocycles. The van der Waals surface area contributed by atoms with Crippen molar-refractivity contribution in [2.75, 3.05) is 25.0 Å². The van der Waals surface area contributed by atoms with Gasteiger partial charge in [-0.25, -0.2) is 0 Å². The largest absolute Gasteiger partial charge is 0.508 e. The number of ketones is 1. The number of Topliss-reactive ketones (excluding diaryl/α,β-unsaturated/α-hetero) is 1. The summed E-state index contributed by atoms with van der Waals surface area (Å²) in [5.74, 6) is -0.257. The summed E-state index contributed by atoms with van der Waals surface area (Å²) in [7, 11) is 1.91. The second-order valence-corrected chi connectivity index (χ2v) is 5.70. The third-order valence-electron chi connectivity index (χ3n) is 3.96. The van der Waals surface area contributed by atoms with Crippen LogP contribution in [0.15, 0.2) is 18.2 Å². The number of carbonyl (C=O) groups excluding carboxylic acids is 1. The molecular formula is C17H24N4O3. The van der Waals surface area contributed by atoms with Gasteiger partial charge in [-0.2, -0.15) is 5.10 Å². The summed E-state index contributed by atoms with van der Waals surface area (Å²) in [6, 6.07) is 4.52. The number of aromatic nitrogens is 2. The molecule has 24 heavy (non-hydrogen) atoms. The van der Waals surface area contributed by atoms with Crippen molar-refractivity contribution in [2.45, 2.75) is 20.4 Å². The van der Waals surface area contributed by atoms with E-state index < -0.39 is 6.61 Å². The van der Waals surface area contributed by atoms with Crippen molar-refractivity contribution >= 4 is 11.5 Å². The van der Waals surface area contributed by atoms with E-state index in [0.717, 1.165) is 17.1 Å². The van der Waals surface area contributed by atoms with Gasteiger partial charge in [0.05, 0.1) is 17.1 Å². The first-order valence-corrected chi connectivity index (χ1v) is 7.84. The molecule has 2 aromatic rings. The Morgan fingerprint density at radius 3 is 2.67 bits per heavy atom. The number of nitrogens with zero attached hydrogens (tertiary/aromatic N) is 2. The number of carbonyl (C=O) groups is 1. The molecule has 1 aromatic carbocycles. The Labute approximate surface area is 141 Å². The molecule has 0 amide bonds. The second-order valence-electron chi connectivity index (χ2n) is 5.70. The molecule has 7 nitrogen and oxygen atoms in total. The van der Waals surface area contributed by atoms with Gasteiger partial charge in [0.2, 0.25) is 0 Å². The van der Waals surface area contributed by atoms with E-state index in [1.165, 1.54) is 12.1 Å². The number of aryl methyl sites for hydroxylation is 2. The Hall–Kier alpha value is -2.38. The average molecular weight is 332 g/mol. The summed E-state index contributed by atoms with van der Waals surface area (Å²) in [4.78, 5) is 11.7. The lowest BCUT2D eigenvalue weighted by Crippen LogP contribution is -2.23. The molecule has 2 rings (SSSR count). The highest BCUT2D eigenvalue weighted by molar-refractivity contribution is 5.98. The maximum atomic E-state index is 11.7. The number of nitrogens with one attached hydrogen (secondary N) is 2. The van der Waals surface area contributed by atoms with Crippen molar-refractivity contribution in [3.8, 4) is 5.75 Å². The zero-order chi connectivity index (χ0) is 17.7. The number of phenolic OH excluding ortho intramolecular Hbond substituents is 1. The average Bonchev–Trinajstić information content (AvgIpc) is 2.80. The van der Waals surface area contributed by atoms with Crippen molar-refractivity contribution in [1.82, 2.24) is 15.1 Å². The van der Waals surface area contributed by atoms with Crippen molar-refractivity contribution < 1.29 is 15.0 Å². The Morgan fingerprint density at radius 2 is 2.04 bits per heavy atom. The van der Waals surface area contributed by atoms with E-state index in [2.05, 4.69) is 15.7 Å². The zero-order valence-corrected chi connectivity index (χ0v) is 14.3. The van der Waals surface area contributed by atoms with E-state index in [-0.39, 0.29) is 11.5 Å². The first-order valence-electron chi connectivity index (χ1n) is 7.84. The molecule has 0 bridgehead atoms. The van der Waals surface area contributed by atoms with Crippen LogP contribution in [0.3, 0.4) is 0 Å². The highest BCUT2D eigenvalue weighted by Crippen LogP contribution is 2.18. The van der Waals surface area contributed by atoms with Crippen LogP contribution in [0.4, 0.5) is 5.69 Å². The molecule has 0 saturated heterocycles. The summed E-state index contributed by atoms with van der Waals surface area (Å²) in [5.41, 5.74) is 4.17. The lowest BCUT2D eigenvalue weighted by molar-refractivity contribution is 0.0902. The zero-order valence-electron chi connectivity index (χ0n) is 14.3. The van der Waals surface area contributed by atoms with Crippen LogP contribution in [-0.2, 0) is 13.6 Å². The van der Waals surface area contributed by atoms with E-state index >= 15 is 0 Å². The summed E-state index contributed by atoms with van der Waals surface area (Å²) < 4.78 is 1.84. The summed E-state index contributed by atoms with van der Waals surface area (Å²) in [6.45, 7) is 5.24. The van der Waals surface area contributed by atoms with E-state index in [1.807, 2.05) is 25.6 Å². The predicted octanol–water partition coefficient (Wildman–Crippen LogP) is 1.12. The third-order valence-corrected chi connectivity index (χ3v) is 3.96. The van der Waals surface area contributed by atoms with Crippen molar-refractivity contribution in [3.05, 3.63) is 40.7 Å². The molecule has 130 valence electrons. The van der Waals surface area contributed by atoms with E-state index in [1.54, 1.807) is 6.07 Å². The standard InChI is InChI=1S/C17H24N4O3/c1-11-17(12(2)21(3)20-11)19-7-6-18-9-13-8-14(23)4-5-15(13)16(24)10-22/h4-5,8,18-19,22-23H,6-7,9-10H2,1-3H3. The molecule has 0 saturated carbocycles. The maximum Gasteiger partial charge on any atom is 0.188 e. The van der Waals surface area contributed by atoms with Gasteiger partial charge in [-0.05, 0) is 37.6 Å². The number of hydrogen-bond donors (Lipinski definition) is 4. The van der Waals surface area contributed by atoms with Crippen LogP contribution in [0.1, 0.15) is 27.3 Å². The van der Waals surface area contributed by atoms with Crippen molar-refractivity contribution in [2.24, 2.45) is 7.05 Å². The van der Waals surface area contributed by atoms with Crippen LogP contribution < -0.4 is 10.6 Å². The van der Waals surface area contributed by atoms with Gasteiger partial charge < -0.3 is 20.8 Å². The Morgan fingerprint density at radius 1 is 1.29 bits per heavy atom. The fourth-order valence-corrected chi connectivity index (χ4v) is 2.61. The number of rotatable bonds is 8. The predicted molar refractivity (Wildman–Crippen MR) is 92.4 cm³/mol. The molecule has 1 heterocycles. The van der Waals surface area contributed by atoms with Gasteiger partial charge in [-0.15, -0.1) is 0 Å². The molecular weight excluding hydrogens is 308 g/mol. The summed E-state index contributed by atoms with van der Waals surface area (Å²) in [6.07, 6.45) is 0. The monoisotopic (exact) mass is 332 g/mol. The molecule has 7 heteroatoms. The van der Waals surface area contributed by atoms with Crippen LogP contribution in [0.2, 0.25) is 0 Å². The Kier molecular flexibility index (Phi) is 5.94. The minimum absolute atomic E-state index is 0.0982. The molecule has 0 spiro atoms. The third kappa shape index (κ3) is 4.12. The van der Waals surface area contributed by atoms with E-state index in [0.29, 0.717) is 30.8 Å². The topological polar surface area (TPSA) is 99.4 Å².